The van der Waals surface area contributed by atoms with Crippen LogP contribution in [-0.2, 0) is 11.2 Å². The van der Waals surface area contributed by atoms with E-state index in [1.165, 1.54) is 18.3 Å². The number of nitrogens with one attached hydrogen (secondary N) is 2. The molecule has 2 rings (SSSR count). The van der Waals surface area contributed by atoms with Gasteiger partial charge in [0.15, 0.2) is 0 Å². The number of nitro groups is 1. The monoisotopic (exact) mass is 344 g/mol. The molecule has 1 heterocycles. The average Bonchev–Trinajstić information content (AvgIpc) is 2.61. The second-order valence-corrected chi connectivity index (χ2v) is 5.62. The number of anilines is 1. The number of aromatic nitrogens is 1. The van der Waals surface area contributed by atoms with Crippen LogP contribution in [0, 0.1) is 17.0 Å². The van der Waals surface area contributed by atoms with E-state index < -0.39 is 17.4 Å². The predicted molar refractivity (Wildman–Crippen MR) is 93.3 cm³/mol. The fraction of sp³-hybridized carbons (Fsp3) is 0.294. The SMILES string of the molecule is Cc1ccc(CC(CNC(=O)CO)Nc2ncccc2[N+](=O)[O-])cc1. The summed E-state index contributed by atoms with van der Waals surface area (Å²) in [6.45, 7) is 1.57. The molecule has 0 saturated heterocycles. The van der Waals surface area contributed by atoms with Crippen LogP contribution in [0.25, 0.3) is 0 Å². The minimum atomic E-state index is -0.610. The number of rotatable bonds is 8. The van der Waals surface area contributed by atoms with Gasteiger partial charge in [0.25, 0.3) is 0 Å². The largest absolute Gasteiger partial charge is 0.387 e. The van der Waals surface area contributed by atoms with E-state index in [2.05, 4.69) is 15.6 Å². The maximum atomic E-state index is 11.3. The summed E-state index contributed by atoms with van der Waals surface area (Å²) < 4.78 is 0. The van der Waals surface area contributed by atoms with Gasteiger partial charge in [-0.05, 0) is 25.0 Å². The number of aliphatic hydroxyl groups excluding tert-OH is 1. The van der Waals surface area contributed by atoms with Crippen LogP contribution < -0.4 is 10.6 Å². The van der Waals surface area contributed by atoms with Crippen molar-refractivity contribution in [1.29, 1.82) is 0 Å². The number of carbonyl (C=O) groups excluding carboxylic acids is 1. The van der Waals surface area contributed by atoms with Crippen LogP contribution in [0.5, 0.6) is 0 Å². The Kier molecular flexibility index (Phi) is 6.41. The number of amides is 1. The van der Waals surface area contributed by atoms with E-state index in [-0.39, 0.29) is 24.1 Å². The molecular formula is C17H20N4O4. The Morgan fingerprint density at radius 3 is 2.68 bits per heavy atom. The first-order chi connectivity index (χ1) is 12.0. The summed E-state index contributed by atoms with van der Waals surface area (Å²) in [5, 5.41) is 25.6. The fourth-order valence-electron chi connectivity index (χ4n) is 2.32. The maximum absolute atomic E-state index is 11.3. The lowest BCUT2D eigenvalue weighted by Gasteiger charge is -2.20. The van der Waals surface area contributed by atoms with Crippen LogP contribution >= 0.6 is 0 Å². The maximum Gasteiger partial charge on any atom is 0.311 e. The highest BCUT2D eigenvalue weighted by Crippen LogP contribution is 2.21. The van der Waals surface area contributed by atoms with Gasteiger partial charge in [-0.2, -0.15) is 0 Å². The normalized spacial score (nSPS) is 11.6. The number of aliphatic hydroxyl groups is 1. The van der Waals surface area contributed by atoms with E-state index in [4.69, 9.17) is 5.11 Å². The summed E-state index contributed by atoms with van der Waals surface area (Å²) in [5.74, 6) is -0.367. The van der Waals surface area contributed by atoms with E-state index in [1.807, 2.05) is 31.2 Å². The van der Waals surface area contributed by atoms with Crippen molar-refractivity contribution < 1.29 is 14.8 Å². The Balaban J connectivity index is 2.17. The van der Waals surface area contributed by atoms with E-state index in [0.717, 1.165) is 11.1 Å². The third-order valence-corrected chi connectivity index (χ3v) is 3.62. The standard InChI is InChI=1S/C17H20N4O4/c1-12-4-6-13(7-5-12)9-14(10-19-16(23)11-22)20-17-15(21(24)25)3-2-8-18-17/h2-8,14,22H,9-11H2,1H3,(H,18,20)(H,19,23). The molecule has 0 aliphatic carbocycles. The molecule has 8 nitrogen and oxygen atoms in total. The highest BCUT2D eigenvalue weighted by atomic mass is 16.6. The summed E-state index contributed by atoms with van der Waals surface area (Å²) in [4.78, 5) is 26.0. The van der Waals surface area contributed by atoms with Crippen molar-refractivity contribution >= 4 is 17.4 Å². The van der Waals surface area contributed by atoms with Crippen LogP contribution in [0.4, 0.5) is 11.5 Å². The van der Waals surface area contributed by atoms with E-state index in [9.17, 15) is 14.9 Å². The minimum absolute atomic E-state index is 0.134. The average molecular weight is 344 g/mol. The minimum Gasteiger partial charge on any atom is -0.387 e. The second-order valence-electron chi connectivity index (χ2n) is 5.62. The number of hydrogen-bond acceptors (Lipinski definition) is 6. The zero-order chi connectivity index (χ0) is 18.2. The molecule has 2 aromatic rings. The fourth-order valence-corrected chi connectivity index (χ4v) is 2.32. The Morgan fingerprint density at radius 1 is 1.32 bits per heavy atom. The lowest BCUT2D eigenvalue weighted by molar-refractivity contribution is -0.384. The summed E-state index contributed by atoms with van der Waals surface area (Å²) >= 11 is 0. The number of hydrogen-bond donors (Lipinski definition) is 3. The third kappa shape index (κ3) is 5.54. The first kappa shape index (κ1) is 18.3. The first-order valence-electron chi connectivity index (χ1n) is 7.78. The highest BCUT2D eigenvalue weighted by Gasteiger charge is 2.19. The summed E-state index contributed by atoms with van der Waals surface area (Å²) in [7, 11) is 0. The summed E-state index contributed by atoms with van der Waals surface area (Å²) in [5.41, 5.74) is 2.01. The van der Waals surface area contributed by atoms with Crippen LogP contribution in [0.15, 0.2) is 42.6 Å². The van der Waals surface area contributed by atoms with Gasteiger partial charge in [-0.15, -0.1) is 0 Å². The number of aryl methyl sites for hydroxylation is 1. The quantitative estimate of drug-likeness (QED) is 0.492. The molecule has 0 saturated carbocycles. The van der Waals surface area contributed by atoms with Gasteiger partial charge in [0.2, 0.25) is 11.7 Å². The number of benzene rings is 1. The lowest BCUT2D eigenvalue weighted by Crippen LogP contribution is -2.39. The van der Waals surface area contributed by atoms with Gasteiger partial charge >= 0.3 is 5.69 Å². The molecule has 1 atom stereocenters. The molecule has 0 bridgehead atoms. The molecule has 132 valence electrons. The van der Waals surface area contributed by atoms with Crippen LogP contribution in [-0.4, -0.2) is 40.1 Å². The third-order valence-electron chi connectivity index (χ3n) is 3.62. The van der Waals surface area contributed by atoms with E-state index in [1.54, 1.807) is 0 Å². The van der Waals surface area contributed by atoms with E-state index in [0.29, 0.717) is 6.42 Å². The van der Waals surface area contributed by atoms with Crippen molar-refractivity contribution in [3.05, 3.63) is 63.8 Å². The predicted octanol–water partition coefficient (Wildman–Crippen LogP) is 1.43. The topological polar surface area (TPSA) is 117 Å². The number of pyridine rings is 1. The van der Waals surface area contributed by atoms with Gasteiger partial charge in [0.1, 0.15) is 6.61 Å². The lowest BCUT2D eigenvalue weighted by atomic mass is 10.0. The molecule has 1 amide bonds. The smallest absolute Gasteiger partial charge is 0.311 e. The molecule has 3 N–H and O–H groups in total. The number of carbonyl (C=O) groups is 1. The Hall–Kier alpha value is -3.00. The molecule has 0 radical (unpaired) electrons. The molecule has 1 aromatic heterocycles. The molecule has 1 unspecified atom stereocenters. The van der Waals surface area contributed by atoms with Gasteiger partial charge in [0.05, 0.1) is 4.92 Å². The van der Waals surface area contributed by atoms with Crippen molar-refractivity contribution in [2.45, 2.75) is 19.4 Å². The summed E-state index contributed by atoms with van der Waals surface area (Å²) in [6, 6.07) is 10.4. The van der Waals surface area contributed by atoms with Crippen molar-refractivity contribution in [2.75, 3.05) is 18.5 Å². The Morgan fingerprint density at radius 2 is 2.04 bits per heavy atom. The van der Waals surface area contributed by atoms with Crippen LogP contribution in [0.3, 0.4) is 0 Å². The van der Waals surface area contributed by atoms with Crippen LogP contribution in [0.2, 0.25) is 0 Å². The molecule has 1 aromatic carbocycles. The molecule has 25 heavy (non-hydrogen) atoms. The van der Waals surface area contributed by atoms with Gasteiger partial charge in [-0.1, -0.05) is 29.8 Å². The Labute approximate surface area is 145 Å². The van der Waals surface area contributed by atoms with Crippen molar-refractivity contribution in [3.63, 3.8) is 0 Å². The molecule has 0 spiro atoms. The van der Waals surface area contributed by atoms with Crippen LogP contribution in [0.1, 0.15) is 11.1 Å². The van der Waals surface area contributed by atoms with E-state index >= 15 is 0 Å². The van der Waals surface area contributed by atoms with Gasteiger partial charge in [-0.25, -0.2) is 4.98 Å². The molecule has 8 heteroatoms. The highest BCUT2D eigenvalue weighted by molar-refractivity contribution is 5.76. The van der Waals surface area contributed by atoms with Crippen molar-refractivity contribution in [1.82, 2.24) is 10.3 Å². The molecule has 0 fully saturated rings. The van der Waals surface area contributed by atoms with Gasteiger partial charge < -0.3 is 15.7 Å². The Bertz CT molecular complexity index is 734. The zero-order valence-electron chi connectivity index (χ0n) is 13.8. The zero-order valence-corrected chi connectivity index (χ0v) is 13.8. The van der Waals surface area contributed by atoms with Gasteiger partial charge in [0, 0.05) is 24.8 Å². The van der Waals surface area contributed by atoms with Gasteiger partial charge in [-0.3, -0.25) is 14.9 Å². The van der Waals surface area contributed by atoms with Crippen molar-refractivity contribution in [3.8, 4) is 0 Å². The van der Waals surface area contributed by atoms with Crippen molar-refractivity contribution in [2.24, 2.45) is 0 Å². The molecular weight excluding hydrogens is 324 g/mol. The molecule has 0 aliphatic heterocycles. The summed E-state index contributed by atoms with van der Waals surface area (Å²) in [6.07, 6.45) is 1.99. The second kappa shape index (κ2) is 8.74. The first-order valence-corrected chi connectivity index (χ1v) is 7.78. The number of nitrogens with zero attached hydrogens (tertiary/aromatic N) is 2. The molecule has 0 aliphatic rings.